The predicted molar refractivity (Wildman–Crippen MR) is 130 cm³/mol. The van der Waals surface area contributed by atoms with Gasteiger partial charge in [0, 0.05) is 18.8 Å². The fourth-order valence-corrected chi connectivity index (χ4v) is 3.01. The maximum absolute atomic E-state index is 11.2. The average Bonchev–Trinajstić information content (AvgIpc) is 2.67. The third kappa shape index (κ3) is 10.8. The second-order valence-electron chi connectivity index (χ2n) is 8.50. The van der Waals surface area contributed by atoms with Crippen molar-refractivity contribution in [3.05, 3.63) is 76.4 Å². The van der Waals surface area contributed by atoms with Crippen LogP contribution >= 0.6 is 0 Å². The van der Waals surface area contributed by atoms with Gasteiger partial charge in [0.2, 0.25) is 0 Å². The standard InChI is InChI=1S/C27H39NO2/c1-21(2)9-7-11-23(5)17-19-28(20-18-24(6)12-8-10-22(3)4)26-15-13-25(14-16-26)27(29)30/h9-10,13-18H,7-8,11-12,19-20H2,1-6H3,(H,29,30). The van der Waals surface area contributed by atoms with Crippen LogP contribution in [0.25, 0.3) is 0 Å². The molecule has 0 heterocycles. The topological polar surface area (TPSA) is 40.5 Å². The number of anilines is 1. The van der Waals surface area contributed by atoms with Gasteiger partial charge in [0.05, 0.1) is 5.56 Å². The largest absolute Gasteiger partial charge is 0.478 e. The highest BCUT2D eigenvalue weighted by Gasteiger charge is 2.07. The van der Waals surface area contributed by atoms with E-state index >= 15 is 0 Å². The van der Waals surface area contributed by atoms with Gasteiger partial charge in [0.15, 0.2) is 0 Å². The molecule has 0 fully saturated rings. The van der Waals surface area contributed by atoms with Gasteiger partial charge in [-0.3, -0.25) is 0 Å². The van der Waals surface area contributed by atoms with Crippen LogP contribution in [0, 0.1) is 0 Å². The van der Waals surface area contributed by atoms with Gasteiger partial charge in [-0.25, -0.2) is 4.79 Å². The summed E-state index contributed by atoms with van der Waals surface area (Å²) in [5, 5.41) is 9.17. The molecule has 1 aromatic rings. The lowest BCUT2D eigenvalue weighted by atomic mass is 10.1. The molecule has 0 aromatic heterocycles. The number of carboxylic acids is 1. The van der Waals surface area contributed by atoms with E-state index in [0.29, 0.717) is 5.56 Å². The summed E-state index contributed by atoms with van der Waals surface area (Å²) in [5.74, 6) is -0.891. The van der Waals surface area contributed by atoms with Crippen LogP contribution in [-0.4, -0.2) is 24.2 Å². The van der Waals surface area contributed by atoms with E-state index in [1.807, 2.05) is 12.1 Å². The molecule has 0 saturated heterocycles. The molecule has 0 atom stereocenters. The summed E-state index contributed by atoms with van der Waals surface area (Å²) in [4.78, 5) is 13.5. The van der Waals surface area contributed by atoms with E-state index in [9.17, 15) is 4.79 Å². The SMILES string of the molecule is CC(C)=CCCC(C)=CCN(CC=C(C)CCC=C(C)C)c1ccc(C(=O)O)cc1. The Bertz CT molecular complexity index is 747. The Hall–Kier alpha value is -2.55. The number of benzene rings is 1. The molecule has 3 nitrogen and oxygen atoms in total. The van der Waals surface area contributed by atoms with Crippen molar-refractivity contribution in [3.63, 3.8) is 0 Å². The molecule has 0 aliphatic rings. The van der Waals surface area contributed by atoms with Gasteiger partial charge < -0.3 is 10.0 Å². The van der Waals surface area contributed by atoms with E-state index in [-0.39, 0.29) is 0 Å². The van der Waals surface area contributed by atoms with E-state index in [1.54, 1.807) is 12.1 Å². The van der Waals surface area contributed by atoms with Gasteiger partial charge in [-0.1, -0.05) is 46.6 Å². The molecular formula is C27H39NO2. The first kappa shape index (κ1) is 25.5. The lowest BCUT2D eigenvalue weighted by Crippen LogP contribution is -2.24. The molecule has 0 bridgehead atoms. The number of rotatable bonds is 12. The number of hydrogen-bond acceptors (Lipinski definition) is 2. The molecule has 164 valence electrons. The number of carbonyl (C=O) groups is 1. The van der Waals surface area contributed by atoms with Crippen LogP contribution in [0.4, 0.5) is 5.69 Å². The number of nitrogens with zero attached hydrogens (tertiary/aromatic N) is 1. The molecule has 0 radical (unpaired) electrons. The van der Waals surface area contributed by atoms with E-state index < -0.39 is 5.97 Å². The zero-order valence-electron chi connectivity index (χ0n) is 19.7. The first-order chi connectivity index (χ1) is 14.2. The van der Waals surface area contributed by atoms with Crippen LogP contribution < -0.4 is 4.90 Å². The number of allylic oxidation sites excluding steroid dienone is 6. The van der Waals surface area contributed by atoms with Crippen LogP contribution in [0.3, 0.4) is 0 Å². The van der Waals surface area contributed by atoms with Crippen LogP contribution in [0.2, 0.25) is 0 Å². The number of carboxylic acid groups (broad SMARTS) is 1. The maximum atomic E-state index is 11.2. The maximum Gasteiger partial charge on any atom is 0.335 e. The van der Waals surface area contributed by atoms with Crippen molar-refractivity contribution >= 4 is 11.7 Å². The monoisotopic (exact) mass is 409 g/mol. The summed E-state index contributed by atoms with van der Waals surface area (Å²) in [6.45, 7) is 14.5. The van der Waals surface area contributed by atoms with Gasteiger partial charge in [0.1, 0.15) is 0 Å². The van der Waals surface area contributed by atoms with Crippen LogP contribution in [0.5, 0.6) is 0 Å². The Morgan fingerprint density at radius 2 is 1.20 bits per heavy atom. The molecule has 0 saturated carbocycles. The van der Waals surface area contributed by atoms with Gasteiger partial charge in [-0.05, 0) is 91.5 Å². The molecule has 3 heteroatoms. The molecule has 0 spiro atoms. The van der Waals surface area contributed by atoms with E-state index in [0.717, 1.165) is 44.5 Å². The molecule has 0 unspecified atom stereocenters. The zero-order chi connectivity index (χ0) is 22.5. The number of aromatic carboxylic acids is 1. The van der Waals surface area contributed by atoms with Crippen molar-refractivity contribution in [2.45, 2.75) is 67.2 Å². The molecule has 0 amide bonds. The Morgan fingerprint density at radius 1 is 0.767 bits per heavy atom. The first-order valence-electron chi connectivity index (χ1n) is 10.8. The predicted octanol–water partition coefficient (Wildman–Crippen LogP) is 7.58. The minimum atomic E-state index is -0.891. The third-order valence-electron chi connectivity index (χ3n) is 4.98. The van der Waals surface area contributed by atoms with Gasteiger partial charge in [0.25, 0.3) is 0 Å². The van der Waals surface area contributed by atoms with Crippen LogP contribution in [0.15, 0.2) is 70.9 Å². The van der Waals surface area contributed by atoms with Crippen molar-refractivity contribution < 1.29 is 9.90 Å². The highest BCUT2D eigenvalue weighted by Crippen LogP contribution is 2.18. The fourth-order valence-electron chi connectivity index (χ4n) is 3.01. The van der Waals surface area contributed by atoms with Gasteiger partial charge >= 0.3 is 5.97 Å². The highest BCUT2D eigenvalue weighted by atomic mass is 16.4. The average molecular weight is 410 g/mol. The summed E-state index contributed by atoms with van der Waals surface area (Å²) in [6.07, 6.45) is 13.4. The Balaban J connectivity index is 2.89. The molecular weight excluding hydrogens is 370 g/mol. The highest BCUT2D eigenvalue weighted by molar-refractivity contribution is 5.88. The lowest BCUT2D eigenvalue weighted by molar-refractivity contribution is 0.0697. The summed E-state index contributed by atoms with van der Waals surface area (Å²) in [5.41, 5.74) is 6.84. The normalized spacial score (nSPS) is 11.8. The summed E-state index contributed by atoms with van der Waals surface area (Å²) < 4.78 is 0. The van der Waals surface area contributed by atoms with Crippen molar-refractivity contribution in [1.29, 1.82) is 0 Å². The second-order valence-corrected chi connectivity index (χ2v) is 8.50. The van der Waals surface area contributed by atoms with Crippen molar-refractivity contribution in [2.24, 2.45) is 0 Å². The fraction of sp³-hybridized carbons (Fsp3) is 0.444. The minimum absolute atomic E-state index is 0.320. The van der Waals surface area contributed by atoms with E-state index in [2.05, 4.69) is 70.7 Å². The quantitative estimate of drug-likeness (QED) is 0.362. The Labute approximate surface area is 183 Å². The molecule has 30 heavy (non-hydrogen) atoms. The van der Waals surface area contributed by atoms with Gasteiger partial charge in [-0.2, -0.15) is 0 Å². The first-order valence-corrected chi connectivity index (χ1v) is 10.8. The van der Waals surface area contributed by atoms with Crippen molar-refractivity contribution in [2.75, 3.05) is 18.0 Å². The molecule has 1 N–H and O–H groups in total. The molecule has 0 aliphatic heterocycles. The lowest BCUT2D eigenvalue weighted by Gasteiger charge is -2.23. The van der Waals surface area contributed by atoms with Crippen LogP contribution in [0.1, 0.15) is 77.6 Å². The third-order valence-corrected chi connectivity index (χ3v) is 4.98. The summed E-state index contributed by atoms with van der Waals surface area (Å²) >= 11 is 0. The van der Waals surface area contributed by atoms with E-state index in [1.165, 1.54) is 22.3 Å². The summed E-state index contributed by atoms with van der Waals surface area (Å²) in [7, 11) is 0. The minimum Gasteiger partial charge on any atom is -0.478 e. The second kappa shape index (κ2) is 13.6. The molecule has 1 rings (SSSR count). The zero-order valence-corrected chi connectivity index (χ0v) is 19.7. The van der Waals surface area contributed by atoms with E-state index in [4.69, 9.17) is 5.11 Å². The Kier molecular flexibility index (Phi) is 11.6. The molecule has 1 aromatic carbocycles. The smallest absolute Gasteiger partial charge is 0.335 e. The number of hydrogen-bond donors (Lipinski definition) is 1. The summed E-state index contributed by atoms with van der Waals surface area (Å²) in [6, 6.07) is 7.17. The van der Waals surface area contributed by atoms with Gasteiger partial charge in [-0.15, -0.1) is 0 Å². The van der Waals surface area contributed by atoms with Crippen molar-refractivity contribution in [1.82, 2.24) is 0 Å². The van der Waals surface area contributed by atoms with Crippen molar-refractivity contribution in [3.8, 4) is 0 Å². The molecule has 0 aliphatic carbocycles. The van der Waals surface area contributed by atoms with Crippen LogP contribution in [-0.2, 0) is 0 Å². The Morgan fingerprint density at radius 3 is 1.57 bits per heavy atom.